The van der Waals surface area contributed by atoms with Gasteiger partial charge in [-0.15, -0.1) is 0 Å². The van der Waals surface area contributed by atoms with Gasteiger partial charge in [0.25, 0.3) is 0 Å². The average Bonchev–Trinajstić information content (AvgIpc) is 3.03. The minimum atomic E-state index is -0.931. The minimum Gasteiger partial charge on any atom is -0.467 e. The molecule has 1 aromatic carbocycles. The van der Waals surface area contributed by atoms with Crippen molar-refractivity contribution in [2.75, 3.05) is 7.11 Å². The molecule has 0 aromatic heterocycles. The van der Waals surface area contributed by atoms with Gasteiger partial charge in [-0.25, -0.2) is 4.79 Å². The van der Waals surface area contributed by atoms with Crippen LogP contribution in [-0.4, -0.2) is 30.4 Å². The van der Waals surface area contributed by atoms with E-state index in [9.17, 15) is 14.4 Å². The molecule has 2 rings (SSSR count). The molecule has 1 aliphatic carbocycles. The van der Waals surface area contributed by atoms with E-state index in [1.165, 1.54) is 14.0 Å². The van der Waals surface area contributed by atoms with Crippen LogP contribution < -0.4 is 10.6 Å². The highest BCUT2D eigenvalue weighted by molar-refractivity contribution is 5.88. The number of aryl methyl sites for hydroxylation is 1. The molecule has 0 saturated heterocycles. The summed E-state index contributed by atoms with van der Waals surface area (Å²) in [5.41, 5.74) is 1.03. The Morgan fingerprint density at radius 3 is 2.28 bits per heavy atom. The maximum Gasteiger partial charge on any atom is 0.331 e. The highest BCUT2D eigenvalue weighted by Gasteiger charge is 2.43. The van der Waals surface area contributed by atoms with E-state index in [1.807, 2.05) is 31.2 Å². The molecule has 0 heterocycles. The van der Waals surface area contributed by atoms with Crippen LogP contribution in [0.1, 0.15) is 56.2 Å². The van der Waals surface area contributed by atoms with Crippen molar-refractivity contribution in [1.82, 2.24) is 10.6 Å². The molecule has 6 heteroatoms. The van der Waals surface area contributed by atoms with Gasteiger partial charge in [-0.1, -0.05) is 42.7 Å². The maximum atomic E-state index is 12.6. The number of methoxy groups -OCH3 is 1. The number of hydrogen-bond donors (Lipinski definition) is 2. The van der Waals surface area contributed by atoms with Crippen LogP contribution in [0.15, 0.2) is 24.3 Å². The molecule has 2 N–H and O–H groups in total. The summed E-state index contributed by atoms with van der Waals surface area (Å²) in [5.74, 6) is -0.877. The van der Waals surface area contributed by atoms with Crippen molar-refractivity contribution in [2.45, 2.75) is 57.5 Å². The van der Waals surface area contributed by atoms with E-state index in [4.69, 9.17) is 4.74 Å². The van der Waals surface area contributed by atoms with Crippen molar-refractivity contribution in [2.24, 2.45) is 0 Å². The summed E-state index contributed by atoms with van der Waals surface area (Å²) in [6.45, 7) is 3.40. The van der Waals surface area contributed by atoms with Crippen LogP contribution in [0.3, 0.4) is 0 Å². The normalized spacial score (nSPS) is 16.8. The summed E-state index contributed by atoms with van der Waals surface area (Å²) in [6.07, 6.45) is 2.99. The maximum absolute atomic E-state index is 12.6. The number of amides is 2. The van der Waals surface area contributed by atoms with E-state index in [1.54, 1.807) is 0 Å². The van der Waals surface area contributed by atoms with E-state index < -0.39 is 17.6 Å². The summed E-state index contributed by atoms with van der Waals surface area (Å²) in [6, 6.07) is 7.24. The van der Waals surface area contributed by atoms with Crippen molar-refractivity contribution in [3.05, 3.63) is 35.4 Å². The van der Waals surface area contributed by atoms with E-state index in [0.717, 1.165) is 24.0 Å². The molecular formula is C19H26N2O4. The fourth-order valence-corrected chi connectivity index (χ4v) is 3.35. The van der Waals surface area contributed by atoms with Gasteiger partial charge in [0.05, 0.1) is 19.6 Å². The molecule has 1 aromatic rings. The van der Waals surface area contributed by atoms with Crippen molar-refractivity contribution in [3.63, 3.8) is 0 Å². The van der Waals surface area contributed by atoms with Crippen LogP contribution in [0.5, 0.6) is 0 Å². The summed E-state index contributed by atoms with van der Waals surface area (Å²) < 4.78 is 4.88. The Labute approximate surface area is 148 Å². The van der Waals surface area contributed by atoms with Gasteiger partial charge in [-0.05, 0) is 25.3 Å². The molecule has 0 radical (unpaired) electrons. The Bertz CT molecular complexity index is 633. The second kappa shape index (κ2) is 8.14. The largest absolute Gasteiger partial charge is 0.467 e. The predicted octanol–water partition coefficient (Wildman–Crippen LogP) is 2.16. The fourth-order valence-electron chi connectivity index (χ4n) is 3.35. The first-order valence-electron chi connectivity index (χ1n) is 8.59. The zero-order chi connectivity index (χ0) is 18.4. The fraction of sp³-hybridized carbons (Fsp3) is 0.526. The zero-order valence-electron chi connectivity index (χ0n) is 15.1. The molecule has 1 unspecified atom stereocenters. The Morgan fingerprint density at radius 1 is 1.16 bits per heavy atom. The Hall–Kier alpha value is -2.37. The Kier molecular flexibility index (Phi) is 6.17. The second-order valence-corrected chi connectivity index (χ2v) is 6.70. The molecule has 25 heavy (non-hydrogen) atoms. The number of ether oxygens (including phenoxy) is 1. The lowest BCUT2D eigenvalue weighted by atomic mass is 9.96. The Morgan fingerprint density at radius 2 is 1.76 bits per heavy atom. The van der Waals surface area contributed by atoms with Crippen LogP contribution in [0, 0.1) is 6.92 Å². The molecule has 1 aliphatic rings. The van der Waals surface area contributed by atoms with Crippen LogP contribution in [0.2, 0.25) is 0 Å². The summed E-state index contributed by atoms with van der Waals surface area (Å²) in [5, 5.41) is 5.67. The van der Waals surface area contributed by atoms with Gasteiger partial charge < -0.3 is 15.4 Å². The van der Waals surface area contributed by atoms with Crippen molar-refractivity contribution < 1.29 is 19.1 Å². The molecule has 0 bridgehead atoms. The van der Waals surface area contributed by atoms with Gasteiger partial charge >= 0.3 is 5.97 Å². The third kappa shape index (κ3) is 4.81. The van der Waals surface area contributed by atoms with Crippen LogP contribution >= 0.6 is 0 Å². The van der Waals surface area contributed by atoms with Gasteiger partial charge in [-0.2, -0.15) is 0 Å². The van der Waals surface area contributed by atoms with Crippen LogP contribution in [0.25, 0.3) is 0 Å². The van der Waals surface area contributed by atoms with Crippen molar-refractivity contribution in [1.29, 1.82) is 0 Å². The van der Waals surface area contributed by atoms with Crippen LogP contribution in [-0.2, 0) is 19.1 Å². The zero-order valence-corrected chi connectivity index (χ0v) is 15.1. The smallest absolute Gasteiger partial charge is 0.331 e. The first-order chi connectivity index (χ1) is 11.9. The van der Waals surface area contributed by atoms with E-state index in [2.05, 4.69) is 10.6 Å². The number of esters is 1. The lowest BCUT2D eigenvalue weighted by Crippen LogP contribution is -2.53. The Balaban J connectivity index is 2.12. The summed E-state index contributed by atoms with van der Waals surface area (Å²) in [4.78, 5) is 36.2. The van der Waals surface area contributed by atoms with Gasteiger partial charge in [0.1, 0.15) is 5.54 Å². The number of hydrogen-bond acceptors (Lipinski definition) is 4. The monoisotopic (exact) mass is 346 g/mol. The number of carbonyl (C=O) groups is 3. The van der Waals surface area contributed by atoms with Gasteiger partial charge in [-0.3, -0.25) is 9.59 Å². The molecule has 0 spiro atoms. The number of benzene rings is 1. The molecule has 136 valence electrons. The topological polar surface area (TPSA) is 84.5 Å². The molecule has 2 amide bonds. The second-order valence-electron chi connectivity index (χ2n) is 6.70. The van der Waals surface area contributed by atoms with Gasteiger partial charge in [0, 0.05) is 6.92 Å². The standard InChI is InChI=1S/C19H26N2O4/c1-13-6-8-15(9-7-13)16(20-14(2)22)12-17(23)21-19(18(24)25-3)10-4-5-11-19/h6-9,16H,4-5,10-12H2,1-3H3,(H,20,22)(H,21,23). The van der Waals surface area contributed by atoms with E-state index in [-0.39, 0.29) is 18.2 Å². The molecule has 1 atom stereocenters. The van der Waals surface area contributed by atoms with E-state index in [0.29, 0.717) is 12.8 Å². The lowest BCUT2D eigenvalue weighted by Gasteiger charge is -2.28. The SMILES string of the molecule is COC(=O)C1(NC(=O)CC(NC(C)=O)c2ccc(C)cc2)CCCC1. The molecule has 6 nitrogen and oxygen atoms in total. The van der Waals surface area contributed by atoms with E-state index >= 15 is 0 Å². The van der Waals surface area contributed by atoms with Gasteiger partial charge in [0.15, 0.2) is 0 Å². The third-order valence-electron chi connectivity index (χ3n) is 4.66. The summed E-state index contributed by atoms with van der Waals surface area (Å²) >= 11 is 0. The molecule has 1 saturated carbocycles. The molecular weight excluding hydrogens is 320 g/mol. The van der Waals surface area contributed by atoms with Crippen molar-refractivity contribution >= 4 is 17.8 Å². The van der Waals surface area contributed by atoms with Crippen LogP contribution in [0.4, 0.5) is 0 Å². The highest BCUT2D eigenvalue weighted by atomic mass is 16.5. The molecule has 0 aliphatic heterocycles. The average molecular weight is 346 g/mol. The predicted molar refractivity (Wildman–Crippen MR) is 93.7 cm³/mol. The first-order valence-corrected chi connectivity index (χ1v) is 8.59. The minimum absolute atomic E-state index is 0.0708. The quantitative estimate of drug-likeness (QED) is 0.773. The lowest BCUT2D eigenvalue weighted by molar-refractivity contribution is -0.150. The van der Waals surface area contributed by atoms with Gasteiger partial charge in [0.2, 0.25) is 11.8 Å². The van der Waals surface area contributed by atoms with Crippen molar-refractivity contribution in [3.8, 4) is 0 Å². The first kappa shape index (κ1) is 19.0. The third-order valence-corrected chi connectivity index (χ3v) is 4.66. The number of nitrogens with one attached hydrogen (secondary N) is 2. The molecule has 1 fully saturated rings. The summed E-state index contributed by atoms with van der Waals surface area (Å²) in [7, 11) is 1.33. The number of rotatable bonds is 6. The highest BCUT2D eigenvalue weighted by Crippen LogP contribution is 2.31. The number of carbonyl (C=O) groups excluding carboxylic acids is 3.